The summed E-state index contributed by atoms with van der Waals surface area (Å²) < 4.78 is 0. The molecule has 1 aliphatic carbocycles. The van der Waals surface area contributed by atoms with Gasteiger partial charge in [0.15, 0.2) is 0 Å². The number of hydrogen-bond acceptors (Lipinski definition) is 3. The molecule has 0 bridgehead atoms. The zero-order valence-electron chi connectivity index (χ0n) is 11.5. The summed E-state index contributed by atoms with van der Waals surface area (Å²) in [6, 6.07) is 3.35. The van der Waals surface area contributed by atoms with Gasteiger partial charge < -0.3 is 10.4 Å². The normalized spacial score (nSPS) is 17.0. The Morgan fingerprint density at radius 2 is 2.15 bits per heavy atom. The molecule has 0 aliphatic heterocycles. The van der Waals surface area contributed by atoms with E-state index in [-0.39, 0.29) is 12.3 Å². The van der Waals surface area contributed by atoms with Crippen molar-refractivity contribution in [1.29, 1.82) is 0 Å². The highest BCUT2D eigenvalue weighted by Crippen LogP contribution is 2.29. The third-order valence-electron chi connectivity index (χ3n) is 3.85. The first-order valence-corrected chi connectivity index (χ1v) is 8.07. The van der Waals surface area contributed by atoms with Gasteiger partial charge in [0.2, 0.25) is 5.91 Å². The van der Waals surface area contributed by atoms with E-state index in [0.29, 0.717) is 12.3 Å². The minimum Gasteiger partial charge on any atom is -0.481 e. The number of rotatable bonds is 7. The number of carboxylic acid groups (broad SMARTS) is 1. The van der Waals surface area contributed by atoms with E-state index in [1.165, 1.54) is 37.0 Å². The fourth-order valence-electron chi connectivity index (χ4n) is 2.79. The van der Waals surface area contributed by atoms with Gasteiger partial charge in [-0.25, -0.2) is 0 Å². The fourth-order valence-corrected chi connectivity index (χ4v) is 3.57. The Labute approximate surface area is 123 Å². The van der Waals surface area contributed by atoms with Crippen molar-refractivity contribution >= 4 is 23.2 Å². The third-order valence-corrected chi connectivity index (χ3v) is 4.84. The Bertz CT molecular complexity index is 438. The van der Waals surface area contributed by atoms with Gasteiger partial charge in [-0.15, -0.1) is 11.3 Å². The number of thiophene rings is 1. The molecule has 1 aromatic heterocycles. The Balaban J connectivity index is 1.83. The highest BCUT2D eigenvalue weighted by atomic mass is 32.1. The molecule has 1 aromatic rings. The third kappa shape index (κ3) is 4.63. The molecule has 1 heterocycles. The van der Waals surface area contributed by atoms with Crippen LogP contribution in [0.2, 0.25) is 0 Å². The summed E-state index contributed by atoms with van der Waals surface area (Å²) in [6.45, 7) is 0. The largest absolute Gasteiger partial charge is 0.481 e. The lowest BCUT2D eigenvalue weighted by atomic mass is 10.0. The van der Waals surface area contributed by atoms with E-state index in [2.05, 4.69) is 5.32 Å². The van der Waals surface area contributed by atoms with Crippen molar-refractivity contribution in [2.45, 2.75) is 51.0 Å². The van der Waals surface area contributed by atoms with Crippen LogP contribution < -0.4 is 5.32 Å². The van der Waals surface area contributed by atoms with Crippen LogP contribution >= 0.6 is 11.3 Å². The molecule has 2 N–H and O–H groups in total. The number of amides is 1. The molecule has 4 nitrogen and oxygen atoms in total. The zero-order valence-corrected chi connectivity index (χ0v) is 12.3. The Hall–Kier alpha value is -1.36. The van der Waals surface area contributed by atoms with E-state index in [9.17, 15) is 9.59 Å². The van der Waals surface area contributed by atoms with Crippen molar-refractivity contribution < 1.29 is 14.7 Å². The first-order chi connectivity index (χ1) is 9.65. The van der Waals surface area contributed by atoms with Crippen LogP contribution in [0, 0.1) is 5.92 Å². The van der Waals surface area contributed by atoms with Crippen molar-refractivity contribution in [3.05, 3.63) is 22.4 Å². The van der Waals surface area contributed by atoms with Crippen molar-refractivity contribution in [3.8, 4) is 0 Å². The number of carbonyl (C=O) groups is 2. The summed E-state index contributed by atoms with van der Waals surface area (Å²) in [7, 11) is 0. The molecule has 0 unspecified atom stereocenters. The van der Waals surface area contributed by atoms with E-state index in [0.717, 1.165) is 11.3 Å². The molecule has 0 saturated heterocycles. The summed E-state index contributed by atoms with van der Waals surface area (Å²) in [6.07, 6.45) is 6.40. The smallest absolute Gasteiger partial charge is 0.305 e. The minimum absolute atomic E-state index is 0.0310. The highest BCUT2D eigenvalue weighted by molar-refractivity contribution is 7.10. The molecule has 5 heteroatoms. The minimum atomic E-state index is -0.889. The predicted molar refractivity (Wildman–Crippen MR) is 78.6 cm³/mol. The molecule has 20 heavy (non-hydrogen) atoms. The second-order valence-electron chi connectivity index (χ2n) is 5.42. The molecule has 1 aliphatic rings. The predicted octanol–water partition coefficient (Wildman–Crippen LogP) is 3.35. The quantitative estimate of drug-likeness (QED) is 0.810. The van der Waals surface area contributed by atoms with Gasteiger partial charge in [-0.05, 0) is 23.8 Å². The van der Waals surface area contributed by atoms with E-state index < -0.39 is 12.0 Å². The average molecular weight is 295 g/mol. The van der Waals surface area contributed by atoms with Crippen molar-refractivity contribution in [3.63, 3.8) is 0 Å². The van der Waals surface area contributed by atoms with Gasteiger partial charge in [0.25, 0.3) is 0 Å². The van der Waals surface area contributed by atoms with Gasteiger partial charge in [0, 0.05) is 11.3 Å². The lowest BCUT2D eigenvalue weighted by Gasteiger charge is -2.16. The second-order valence-corrected chi connectivity index (χ2v) is 6.40. The molecule has 1 saturated carbocycles. The molecule has 0 aromatic carbocycles. The lowest BCUT2D eigenvalue weighted by molar-refractivity contribution is -0.137. The summed E-state index contributed by atoms with van der Waals surface area (Å²) in [5, 5.41) is 13.7. The molecule has 0 spiro atoms. The summed E-state index contributed by atoms with van der Waals surface area (Å²) in [5.74, 6) is -0.239. The average Bonchev–Trinajstić information content (AvgIpc) is 3.08. The molecule has 2 rings (SSSR count). The van der Waals surface area contributed by atoms with Gasteiger partial charge in [-0.3, -0.25) is 9.59 Å². The maximum Gasteiger partial charge on any atom is 0.305 e. The molecular formula is C15H21NO3S. The Morgan fingerprint density at radius 1 is 1.40 bits per heavy atom. The number of nitrogens with one attached hydrogen (secondary N) is 1. The first-order valence-electron chi connectivity index (χ1n) is 7.19. The van der Waals surface area contributed by atoms with Crippen LogP contribution in [0.25, 0.3) is 0 Å². The van der Waals surface area contributed by atoms with Crippen molar-refractivity contribution in [2.75, 3.05) is 0 Å². The van der Waals surface area contributed by atoms with Crippen LogP contribution in [-0.2, 0) is 9.59 Å². The maximum absolute atomic E-state index is 12.0. The Morgan fingerprint density at radius 3 is 2.75 bits per heavy atom. The number of carboxylic acids is 1. The SMILES string of the molecule is O=C(O)C[C@H](NC(=O)CCC1CCCC1)c1cccs1. The maximum atomic E-state index is 12.0. The topological polar surface area (TPSA) is 66.4 Å². The van der Waals surface area contributed by atoms with Crippen LogP contribution in [0.1, 0.15) is 55.9 Å². The zero-order chi connectivity index (χ0) is 14.4. The molecule has 1 amide bonds. The number of hydrogen-bond donors (Lipinski definition) is 2. The van der Waals surface area contributed by atoms with E-state index in [1.54, 1.807) is 0 Å². The molecule has 1 atom stereocenters. The summed E-state index contributed by atoms with van der Waals surface area (Å²) in [4.78, 5) is 23.8. The molecular weight excluding hydrogens is 274 g/mol. The van der Waals surface area contributed by atoms with Gasteiger partial charge in [0.05, 0.1) is 12.5 Å². The van der Waals surface area contributed by atoms with Crippen LogP contribution in [-0.4, -0.2) is 17.0 Å². The summed E-state index contributed by atoms with van der Waals surface area (Å²) >= 11 is 1.48. The van der Waals surface area contributed by atoms with Crippen LogP contribution in [0.15, 0.2) is 17.5 Å². The first kappa shape index (κ1) is 15.0. The van der Waals surface area contributed by atoms with Crippen molar-refractivity contribution in [1.82, 2.24) is 5.32 Å². The van der Waals surface area contributed by atoms with E-state index in [1.807, 2.05) is 17.5 Å². The van der Waals surface area contributed by atoms with Gasteiger partial charge in [-0.1, -0.05) is 31.7 Å². The highest BCUT2D eigenvalue weighted by Gasteiger charge is 2.20. The lowest BCUT2D eigenvalue weighted by Crippen LogP contribution is -2.29. The number of carbonyl (C=O) groups excluding carboxylic acids is 1. The fraction of sp³-hybridized carbons (Fsp3) is 0.600. The Kier molecular flexibility index (Phi) is 5.59. The molecule has 110 valence electrons. The monoisotopic (exact) mass is 295 g/mol. The standard InChI is InChI=1S/C15H21NO3S/c17-14(8-7-11-4-1-2-5-11)16-12(10-15(18)19)13-6-3-9-20-13/h3,6,9,11-12H,1-2,4-5,7-8,10H2,(H,16,17)(H,18,19)/t12-/m0/s1. The van der Waals surface area contributed by atoms with Crippen LogP contribution in [0.5, 0.6) is 0 Å². The van der Waals surface area contributed by atoms with Crippen LogP contribution in [0.4, 0.5) is 0 Å². The summed E-state index contributed by atoms with van der Waals surface area (Å²) in [5.41, 5.74) is 0. The number of aliphatic carboxylic acids is 1. The molecule has 1 fully saturated rings. The van der Waals surface area contributed by atoms with Gasteiger partial charge in [-0.2, -0.15) is 0 Å². The van der Waals surface area contributed by atoms with Crippen molar-refractivity contribution in [2.24, 2.45) is 5.92 Å². The molecule has 0 radical (unpaired) electrons. The second kappa shape index (κ2) is 7.43. The van der Waals surface area contributed by atoms with Gasteiger partial charge in [0.1, 0.15) is 0 Å². The van der Waals surface area contributed by atoms with E-state index >= 15 is 0 Å². The van der Waals surface area contributed by atoms with Crippen LogP contribution in [0.3, 0.4) is 0 Å². The van der Waals surface area contributed by atoms with E-state index in [4.69, 9.17) is 5.11 Å². The van der Waals surface area contributed by atoms with Gasteiger partial charge >= 0.3 is 5.97 Å².